The summed E-state index contributed by atoms with van der Waals surface area (Å²) in [5, 5.41) is 8.10. The first kappa shape index (κ1) is 18.9. The van der Waals surface area contributed by atoms with E-state index in [0.29, 0.717) is 16.7 Å². The molecule has 0 aliphatic heterocycles. The van der Waals surface area contributed by atoms with E-state index < -0.39 is 0 Å². The van der Waals surface area contributed by atoms with E-state index in [2.05, 4.69) is 22.0 Å². The molecule has 0 spiro atoms. The van der Waals surface area contributed by atoms with E-state index in [4.69, 9.17) is 11.6 Å². The van der Waals surface area contributed by atoms with Crippen molar-refractivity contribution in [2.45, 2.75) is 26.3 Å². The van der Waals surface area contributed by atoms with Gasteiger partial charge in [-0.25, -0.2) is 9.67 Å². The van der Waals surface area contributed by atoms with Crippen LogP contribution in [0.25, 0.3) is 23.2 Å². The minimum Gasteiger partial charge on any atom is -0.354 e. The van der Waals surface area contributed by atoms with Gasteiger partial charge in [0.2, 0.25) is 5.91 Å². The van der Waals surface area contributed by atoms with E-state index in [9.17, 15) is 4.79 Å². The number of carbonyl (C=O) groups is 1. The summed E-state index contributed by atoms with van der Waals surface area (Å²) in [6.07, 6.45) is 1.91. The summed E-state index contributed by atoms with van der Waals surface area (Å²) < 4.78 is 1.67. The zero-order valence-corrected chi connectivity index (χ0v) is 16.1. The van der Waals surface area contributed by atoms with Crippen LogP contribution in [0.1, 0.15) is 25.2 Å². The highest BCUT2D eigenvalue weighted by atomic mass is 35.5. The molecular formula is C21H21ClN4O. The van der Waals surface area contributed by atoms with Crippen LogP contribution < -0.4 is 5.32 Å². The Hall–Kier alpha value is -2.92. The zero-order chi connectivity index (χ0) is 19.4. The summed E-state index contributed by atoms with van der Waals surface area (Å²) in [5.74, 6) is 1.00. The smallest absolute Gasteiger partial charge is 0.227 e. The SMILES string of the molecule is C=Cc1ccc(-c2nc(CC(=O)NC(C)C)n(-c3cccc(Cl)c3)n2)cc1. The average Bonchev–Trinajstić information content (AvgIpc) is 3.04. The molecule has 138 valence electrons. The van der Waals surface area contributed by atoms with Crippen molar-refractivity contribution in [2.24, 2.45) is 0 Å². The largest absolute Gasteiger partial charge is 0.354 e. The molecule has 1 heterocycles. The highest BCUT2D eigenvalue weighted by molar-refractivity contribution is 6.30. The second-order valence-corrected chi connectivity index (χ2v) is 6.90. The van der Waals surface area contributed by atoms with E-state index in [-0.39, 0.29) is 18.4 Å². The molecule has 0 aliphatic rings. The molecule has 1 amide bonds. The molecule has 1 aromatic heterocycles. The summed E-state index contributed by atoms with van der Waals surface area (Å²) in [6, 6.07) is 15.2. The summed E-state index contributed by atoms with van der Waals surface area (Å²) in [4.78, 5) is 16.9. The lowest BCUT2D eigenvalue weighted by molar-refractivity contribution is -0.121. The fraction of sp³-hybridized carbons (Fsp3) is 0.190. The fourth-order valence-electron chi connectivity index (χ4n) is 2.68. The first-order chi connectivity index (χ1) is 13.0. The number of amides is 1. The molecule has 0 radical (unpaired) electrons. The van der Waals surface area contributed by atoms with Gasteiger partial charge in [0.15, 0.2) is 5.82 Å². The number of rotatable bonds is 6. The third kappa shape index (κ3) is 4.63. The molecule has 0 fully saturated rings. The maximum atomic E-state index is 12.3. The molecule has 0 saturated heterocycles. The normalized spacial score (nSPS) is 10.8. The molecule has 0 unspecified atom stereocenters. The Bertz CT molecular complexity index is 961. The lowest BCUT2D eigenvalue weighted by Gasteiger charge is -2.09. The van der Waals surface area contributed by atoms with Crippen LogP contribution >= 0.6 is 11.6 Å². The number of carbonyl (C=O) groups excluding carboxylic acids is 1. The molecule has 0 atom stereocenters. The standard InChI is InChI=1S/C21H21ClN4O/c1-4-15-8-10-16(11-9-15)21-24-19(13-20(27)23-14(2)3)26(25-21)18-7-5-6-17(22)12-18/h4-12,14H,1,13H2,2-3H3,(H,23,27). The van der Waals surface area contributed by atoms with Crippen LogP contribution in [0.15, 0.2) is 55.1 Å². The average molecular weight is 381 g/mol. The maximum absolute atomic E-state index is 12.3. The lowest BCUT2D eigenvalue weighted by atomic mass is 10.1. The van der Waals surface area contributed by atoms with Crippen LogP contribution in [0.3, 0.4) is 0 Å². The van der Waals surface area contributed by atoms with Crippen molar-refractivity contribution in [3.63, 3.8) is 0 Å². The second kappa shape index (κ2) is 8.18. The predicted molar refractivity (Wildman–Crippen MR) is 109 cm³/mol. The lowest BCUT2D eigenvalue weighted by Crippen LogP contribution is -2.32. The number of hydrogen-bond donors (Lipinski definition) is 1. The summed E-state index contributed by atoms with van der Waals surface area (Å²) in [5.41, 5.74) is 2.65. The van der Waals surface area contributed by atoms with Crippen LogP contribution in [-0.2, 0) is 11.2 Å². The van der Waals surface area contributed by atoms with Crippen molar-refractivity contribution in [1.29, 1.82) is 0 Å². The van der Waals surface area contributed by atoms with Crippen molar-refractivity contribution >= 4 is 23.6 Å². The van der Waals surface area contributed by atoms with Crippen molar-refractivity contribution < 1.29 is 4.79 Å². The minimum atomic E-state index is -0.103. The van der Waals surface area contributed by atoms with Gasteiger partial charge >= 0.3 is 0 Å². The molecular weight excluding hydrogens is 360 g/mol. The fourth-order valence-corrected chi connectivity index (χ4v) is 2.87. The number of aromatic nitrogens is 3. The van der Waals surface area contributed by atoms with Gasteiger partial charge in [-0.15, -0.1) is 5.10 Å². The molecule has 3 aromatic rings. The van der Waals surface area contributed by atoms with Gasteiger partial charge in [0.05, 0.1) is 12.1 Å². The van der Waals surface area contributed by atoms with Crippen LogP contribution in [0.2, 0.25) is 5.02 Å². The Morgan fingerprint density at radius 2 is 2.00 bits per heavy atom. The van der Waals surface area contributed by atoms with Crippen molar-refractivity contribution in [2.75, 3.05) is 0 Å². The van der Waals surface area contributed by atoms with Gasteiger partial charge in [0.25, 0.3) is 0 Å². The van der Waals surface area contributed by atoms with Crippen LogP contribution in [-0.4, -0.2) is 26.7 Å². The monoisotopic (exact) mass is 380 g/mol. The van der Waals surface area contributed by atoms with Crippen LogP contribution in [0, 0.1) is 0 Å². The molecule has 0 saturated carbocycles. The maximum Gasteiger partial charge on any atom is 0.227 e. The van der Waals surface area contributed by atoms with Gasteiger partial charge in [-0.1, -0.05) is 54.6 Å². The summed E-state index contributed by atoms with van der Waals surface area (Å²) in [7, 11) is 0. The van der Waals surface area contributed by atoms with E-state index in [1.54, 1.807) is 22.9 Å². The van der Waals surface area contributed by atoms with Crippen LogP contribution in [0.5, 0.6) is 0 Å². The van der Waals surface area contributed by atoms with E-state index >= 15 is 0 Å². The molecule has 3 rings (SSSR count). The molecule has 6 heteroatoms. The zero-order valence-electron chi connectivity index (χ0n) is 15.3. The van der Waals surface area contributed by atoms with E-state index in [1.807, 2.05) is 50.2 Å². The van der Waals surface area contributed by atoms with Crippen molar-refractivity contribution in [3.05, 3.63) is 71.5 Å². The van der Waals surface area contributed by atoms with Gasteiger partial charge in [-0.05, 0) is 37.6 Å². The molecule has 5 nitrogen and oxygen atoms in total. The topological polar surface area (TPSA) is 59.8 Å². The Labute approximate surface area is 163 Å². The third-order valence-corrected chi connectivity index (χ3v) is 4.13. The third-order valence-electron chi connectivity index (χ3n) is 3.90. The number of nitrogens with one attached hydrogen (secondary N) is 1. The van der Waals surface area contributed by atoms with Crippen molar-refractivity contribution in [3.8, 4) is 17.1 Å². The Morgan fingerprint density at radius 1 is 1.26 bits per heavy atom. The number of benzene rings is 2. The molecule has 0 aliphatic carbocycles. The van der Waals surface area contributed by atoms with Gasteiger partial charge < -0.3 is 5.32 Å². The Balaban J connectivity index is 2.02. The quantitative estimate of drug-likeness (QED) is 0.693. The molecule has 2 aromatic carbocycles. The molecule has 27 heavy (non-hydrogen) atoms. The first-order valence-electron chi connectivity index (χ1n) is 8.70. The van der Waals surface area contributed by atoms with Gasteiger partial charge in [0, 0.05) is 16.6 Å². The number of halogens is 1. The van der Waals surface area contributed by atoms with Crippen LogP contribution in [0.4, 0.5) is 0 Å². The van der Waals surface area contributed by atoms with E-state index in [0.717, 1.165) is 16.8 Å². The minimum absolute atomic E-state index is 0.0611. The van der Waals surface area contributed by atoms with Gasteiger partial charge in [-0.3, -0.25) is 4.79 Å². The highest BCUT2D eigenvalue weighted by Gasteiger charge is 2.17. The Morgan fingerprint density at radius 3 is 2.63 bits per heavy atom. The van der Waals surface area contributed by atoms with Crippen molar-refractivity contribution in [1.82, 2.24) is 20.1 Å². The second-order valence-electron chi connectivity index (χ2n) is 6.47. The molecule has 1 N–H and O–H groups in total. The van der Waals surface area contributed by atoms with Gasteiger partial charge in [0.1, 0.15) is 5.82 Å². The number of hydrogen-bond acceptors (Lipinski definition) is 3. The summed E-state index contributed by atoms with van der Waals surface area (Å²) >= 11 is 6.13. The van der Waals surface area contributed by atoms with E-state index in [1.165, 1.54) is 0 Å². The predicted octanol–water partition coefficient (Wildman–Crippen LogP) is 4.30. The van der Waals surface area contributed by atoms with Gasteiger partial charge in [-0.2, -0.15) is 0 Å². The first-order valence-corrected chi connectivity index (χ1v) is 9.08. The summed E-state index contributed by atoms with van der Waals surface area (Å²) in [6.45, 7) is 7.61. The highest BCUT2D eigenvalue weighted by Crippen LogP contribution is 2.21. The molecule has 0 bridgehead atoms. The Kier molecular flexibility index (Phi) is 5.72. The number of nitrogens with zero attached hydrogens (tertiary/aromatic N) is 3.